The highest BCUT2D eigenvalue weighted by molar-refractivity contribution is 5.87. The van der Waals surface area contributed by atoms with E-state index in [9.17, 15) is 9.59 Å². The molecule has 5 heteroatoms. The first kappa shape index (κ1) is 15.4. The molecule has 1 fully saturated rings. The summed E-state index contributed by atoms with van der Waals surface area (Å²) in [4.78, 5) is 24.2. The third kappa shape index (κ3) is 5.10. The van der Waals surface area contributed by atoms with Crippen molar-refractivity contribution in [1.29, 1.82) is 0 Å². The number of ether oxygens (including phenoxy) is 1. The van der Waals surface area contributed by atoms with Crippen molar-refractivity contribution in [1.82, 2.24) is 10.6 Å². The van der Waals surface area contributed by atoms with Crippen molar-refractivity contribution >= 4 is 12.0 Å². The molecule has 1 aromatic rings. The van der Waals surface area contributed by atoms with Crippen LogP contribution in [0.4, 0.5) is 4.79 Å². The van der Waals surface area contributed by atoms with Crippen LogP contribution >= 0.6 is 0 Å². The van der Waals surface area contributed by atoms with Crippen LogP contribution in [0.3, 0.4) is 0 Å². The Bertz CT molecular complexity index is 504. The molecule has 0 aliphatic heterocycles. The number of hydrogen-bond donors (Lipinski definition) is 2. The van der Waals surface area contributed by atoms with Crippen LogP contribution in [0.2, 0.25) is 0 Å². The van der Waals surface area contributed by atoms with Crippen LogP contribution in [-0.4, -0.2) is 23.6 Å². The zero-order valence-corrected chi connectivity index (χ0v) is 12.7. The van der Waals surface area contributed by atoms with Crippen LogP contribution in [0.5, 0.6) is 0 Å². The van der Waals surface area contributed by atoms with Gasteiger partial charge in [0.05, 0.1) is 0 Å². The molecular weight excluding hydrogens is 268 g/mol. The van der Waals surface area contributed by atoms with Crippen molar-refractivity contribution in [2.24, 2.45) is 0 Å². The molecule has 0 radical (unpaired) electrons. The number of carbonyl (C=O) groups excluding carboxylic acids is 2. The lowest BCUT2D eigenvalue weighted by Gasteiger charge is -2.23. The van der Waals surface area contributed by atoms with E-state index in [2.05, 4.69) is 10.6 Å². The molecule has 0 heterocycles. The summed E-state index contributed by atoms with van der Waals surface area (Å²) in [6.45, 7) is 5.36. The van der Waals surface area contributed by atoms with Crippen LogP contribution < -0.4 is 10.6 Å². The third-order valence-corrected chi connectivity index (χ3v) is 2.98. The van der Waals surface area contributed by atoms with Crippen molar-refractivity contribution in [3.8, 4) is 0 Å². The monoisotopic (exact) mass is 290 g/mol. The molecule has 0 saturated heterocycles. The van der Waals surface area contributed by atoms with Gasteiger partial charge in [-0.3, -0.25) is 4.79 Å². The number of rotatable bonds is 4. The molecule has 1 aliphatic carbocycles. The summed E-state index contributed by atoms with van der Waals surface area (Å²) in [5, 5.41) is 5.56. The molecule has 21 heavy (non-hydrogen) atoms. The standard InChI is InChI=1S/C16H22N2O3/c1-16(2,3)21-15(20)18-13(11-7-5-4-6-8-11)14(19)17-12-9-10-12/h4-8,12-13H,9-10H2,1-3H3,(H,17,19)(H,18,20)/t13-/m0/s1. The second-order valence-electron chi connectivity index (χ2n) is 6.27. The van der Waals surface area contributed by atoms with Gasteiger partial charge in [0.2, 0.25) is 5.91 Å². The lowest BCUT2D eigenvalue weighted by molar-refractivity contribution is -0.123. The lowest BCUT2D eigenvalue weighted by atomic mass is 10.1. The maximum absolute atomic E-state index is 12.3. The summed E-state index contributed by atoms with van der Waals surface area (Å²) in [5.41, 5.74) is 0.139. The lowest BCUT2D eigenvalue weighted by Crippen LogP contribution is -2.43. The number of hydrogen-bond acceptors (Lipinski definition) is 3. The van der Waals surface area contributed by atoms with Crippen molar-refractivity contribution in [3.63, 3.8) is 0 Å². The van der Waals surface area contributed by atoms with Gasteiger partial charge in [0.15, 0.2) is 0 Å². The van der Waals surface area contributed by atoms with Gasteiger partial charge in [-0.25, -0.2) is 4.79 Å². The van der Waals surface area contributed by atoms with Gasteiger partial charge in [-0.15, -0.1) is 0 Å². The first-order valence-electron chi connectivity index (χ1n) is 7.20. The van der Waals surface area contributed by atoms with E-state index in [1.54, 1.807) is 20.8 Å². The van der Waals surface area contributed by atoms with E-state index in [0.717, 1.165) is 18.4 Å². The molecule has 114 valence electrons. The molecule has 2 rings (SSSR count). The number of benzene rings is 1. The van der Waals surface area contributed by atoms with Crippen molar-refractivity contribution in [3.05, 3.63) is 35.9 Å². The zero-order chi connectivity index (χ0) is 15.5. The van der Waals surface area contributed by atoms with Gasteiger partial charge in [-0.2, -0.15) is 0 Å². The average Bonchev–Trinajstić information content (AvgIpc) is 3.18. The number of amides is 2. The first-order valence-corrected chi connectivity index (χ1v) is 7.20. The van der Waals surface area contributed by atoms with Gasteiger partial charge < -0.3 is 15.4 Å². The van der Waals surface area contributed by atoms with Crippen molar-refractivity contribution < 1.29 is 14.3 Å². The predicted octanol–water partition coefficient (Wildman–Crippen LogP) is 2.53. The van der Waals surface area contributed by atoms with Gasteiger partial charge in [-0.1, -0.05) is 30.3 Å². The van der Waals surface area contributed by atoms with Gasteiger partial charge in [0.25, 0.3) is 0 Å². The van der Waals surface area contributed by atoms with E-state index >= 15 is 0 Å². The Balaban J connectivity index is 2.08. The molecule has 2 N–H and O–H groups in total. The molecule has 0 spiro atoms. The Kier molecular flexibility index (Phi) is 4.50. The summed E-state index contributed by atoms with van der Waals surface area (Å²) in [5.74, 6) is -0.199. The van der Waals surface area contributed by atoms with E-state index in [-0.39, 0.29) is 11.9 Å². The molecule has 2 amide bonds. The minimum absolute atomic E-state index is 0.199. The molecule has 1 atom stereocenters. The second-order valence-corrected chi connectivity index (χ2v) is 6.27. The quantitative estimate of drug-likeness (QED) is 0.895. The SMILES string of the molecule is CC(C)(C)OC(=O)N[C@H](C(=O)NC1CC1)c1ccccc1. The smallest absolute Gasteiger partial charge is 0.408 e. The Morgan fingerprint density at radius 2 is 1.81 bits per heavy atom. The van der Waals surface area contributed by atoms with Gasteiger partial charge in [0.1, 0.15) is 11.6 Å². The molecule has 1 aromatic carbocycles. The number of carbonyl (C=O) groups is 2. The molecule has 0 bridgehead atoms. The number of alkyl carbamates (subject to hydrolysis) is 1. The molecule has 0 unspecified atom stereocenters. The van der Waals surface area contributed by atoms with E-state index in [1.165, 1.54) is 0 Å². The fraction of sp³-hybridized carbons (Fsp3) is 0.500. The summed E-state index contributed by atoms with van der Waals surface area (Å²) >= 11 is 0. The maximum atomic E-state index is 12.3. The summed E-state index contributed by atoms with van der Waals surface area (Å²) in [6, 6.07) is 8.67. The predicted molar refractivity (Wildman–Crippen MR) is 79.7 cm³/mol. The highest BCUT2D eigenvalue weighted by atomic mass is 16.6. The van der Waals surface area contributed by atoms with Gasteiger partial charge >= 0.3 is 6.09 Å². The van der Waals surface area contributed by atoms with Crippen LogP contribution in [0, 0.1) is 0 Å². The minimum Gasteiger partial charge on any atom is -0.444 e. The summed E-state index contributed by atoms with van der Waals surface area (Å²) < 4.78 is 5.23. The third-order valence-electron chi connectivity index (χ3n) is 2.98. The van der Waals surface area contributed by atoms with Crippen LogP contribution in [-0.2, 0) is 9.53 Å². The zero-order valence-electron chi connectivity index (χ0n) is 12.7. The topological polar surface area (TPSA) is 67.4 Å². The molecule has 0 aromatic heterocycles. The summed E-state index contributed by atoms with van der Waals surface area (Å²) in [6.07, 6.45) is 1.40. The van der Waals surface area contributed by atoms with E-state index < -0.39 is 17.7 Å². The van der Waals surface area contributed by atoms with E-state index in [4.69, 9.17) is 4.74 Å². The molecule has 1 aliphatic rings. The van der Waals surface area contributed by atoms with Crippen molar-refractivity contribution in [2.45, 2.75) is 51.3 Å². The second kappa shape index (κ2) is 6.16. The Morgan fingerprint density at radius 3 is 2.33 bits per heavy atom. The fourth-order valence-electron chi connectivity index (χ4n) is 1.88. The van der Waals surface area contributed by atoms with E-state index in [0.29, 0.717) is 0 Å². The van der Waals surface area contributed by atoms with Gasteiger partial charge in [0, 0.05) is 6.04 Å². The average molecular weight is 290 g/mol. The van der Waals surface area contributed by atoms with Crippen molar-refractivity contribution in [2.75, 3.05) is 0 Å². The van der Waals surface area contributed by atoms with Crippen LogP contribution in [0.25, 0.3) is 0 Å². The Hall–Kier alpha value is -2.04. The minimum atomic E-state index is -0.735. The normalized spacial score (nSPS) is 16.0. The fourth-order valence-corrected chi connectivity index (χ4v) is 1.88. The molecular formula is C16H22N2O3. The van der Waals surface area contributed by atoms with Crippen LogP contribution in [0.15, 0.2) is 30.3 Å². The Labute approximate surface area is 125 Å². The highest BCUT2D eigenvalue weighted by Crippen LogP contribution is 2.21. The molecule has 5 nitrogen and oxygen atoms in total. The molecule has 1 saturated carbocycles. The summed E-state index contributed by atoms with van der Waals surface area (Å²) in [7, 11) is 0. The van der Waals surface area contributed by atoms with Gasteiger partial charge in [-0.05, 0) is 39.2 Å². The number of nitrogens with one attached hydrogen (secondary N) is 2. The Morgan fingerprint density at radius 1 is 1.19 bits per heavy atom. The largest absolute Gasteiger partial charge is 0.444 e. The maximum Gasteiger partial charge on any atom is 0.408 e. The highest BCUT2D eigenvalue weighted by Gasteiger charge is 2.30. The first-order chi connectivity index (χ1) is 9.85. The van der Waals surface area contributed by atoms with Crippen LogP contribution in [0.1, 0.15) is 45.2 Å². The van der Waals surface area contributed by atoms with E-state index in [1.807, 2.05) is 30.3 Å².